The summed E-state index contributed by atoms with van der Waals surface area (Å²) in [5, 5.41) is 10.8. The standard InChI is InChI=1S/C16H9N3O3S/c20-15-9-13(10-5-7-11(8-6-10)19(21)22)18-12-3-1-2-4-14(12)23-16(18)17-15/h1-9H. The molecule has 2 aromatic carbocycles. The van der Waals surface area contributed by atoms with Crippen molar-refractivity contribution in [1.82, 2.24) is 9.38 Å². The van der Waals surface area contributed by atoms with Gasteiger partial charge in [0.05, 0.1) is 20.8 Å². The van der Waals surface area contributed by atoms with Gasteiger partial charge in [-0.1, -0.05) is 23.5 Å². The number of hydrogen-bond donors (Lipinski definition) is 0. The Morgan fingerprint density at radius 2 is 1.83 bits per heavy atom. The fourth-order valence-electron chi connectivity index (χ4n) is 2.56. The van der Waals surface area contributed by atoms with Gasteiger partial charge in [-0.05, 0) is 29.8 Å². The van der Waals surface area contributed by atoms with Gasteiger partial charge in [-0.25, -0.2) is 0 Å². The summed E-state index contributed by atoms with van der Waals surface area (Å²) in [6.07, 6.45) is 0. The first kappa shape index (κ1) is 13.6. The van der Waals surface area contributed by atoms with Crippen LogP contribution in [0.2, 0.25) is 0 Å². The van der Waals surface area contributed by atoms with Gasteiger partial charge in [-0.15, -0.1) is 0 Å². The summed E-state index contributed by atoms with van der Waals surface area (Å²) >= 11 is 1.44. The second kappa shape index (κ2) is 4.99. The summed E-state index contributed by atoms with van der Waals surface area (Å²) in [5.74, 6) is 0. The maximum Gasteiger partial charge on any atom is 0.274 e. The van der Waals surface area contributed by atoms with Gasteiger partial charge in [-0.2, -0.15) is 4.98 Å². The fraction of sp³-hybridized carbons (Fsp3) is 0. The van der Waals surface area contributed by atoms with Gasteiger partial charge in [0.1, 0.15) is 0 Å². The zero-order valence-electron chi connectivity index (χ0n) is 11.7. The van der Waals surface area contributed by atoms with E-state index in [9.17, 15) is 14.9 Å². The van der Waals surface area contributed by atoms with Gasteiger partial charge in [-0.3, -0.25) is 19.3 Å². The Kier molecular flexibility index (Phi) is 2.95. The lowest BCUT2D eigenvalue weighted by atomic mass is 10.1. The van der Waals surface area contributed by atoms with Crippen molar-refractivity contribution in [1.29, 1.82) is 0 Å². The van der Waals surface area contributed by atoms with E-state index in [4.69, 9.17) is 0 Å². The first-order valence-electron chi connectivity index (χ1n) is 6.80. The van der Waals surface area contributed by atoms with Crippen molar-refractivity contribution in [2.45, 2.75) is 0 Å². The number of hydrogen-bond acceptors (Lipinski definition) is 5. The van der Waals surface area contributed by atoms with E-state index in [1.165, 1.54) is 29.5 Å². The van der Waals surface area contributed by atoms with Gasteiger partial charge >= 0.3 is 0 Å². The van der Waals surface area contributed by atoms with Gasteiger partial charge in [0, 0.05) is 18.2 Å². The Hall–Kier alpha value is -3.06. The monoisotopic (exact) mass is 323 g/mol. The molecule has 2 heterocycles. The molecule has 6 nitrogen and oxygen atoms in total. The molecule has 0 aliphatic rings. The molecular weight excluding hydrogens is 314 g/mol. The van der Waals surface area contributed by atoms with Crippen molar-refractivity contribution >= 4 is 32.2 Å². The zero-order valence-corrected chi connectivity index (χ0v) is 12.5. The van der Waals surface area contributed by atoms with Crippen LogP contribution in [0, 0.1) is 10.1 Å². The molecule has 0 unspecified atom stereocenters. The van der Waals surface area contributed by atoms with Gasteiger partial charge in [0.2, 0.25) is 0 Å². The van der Waals surface area contributed by atoms with Crippen LogP contribution >= 0.6 is 11.3 Å². The molecule has 0 aliphatic heterocycles. The van der Waals surface area contributed by atoms with Crippen LogP contribution in [0.5, 0.6) is 0 Å². The van der Waals surface area contributed by atoms with Crippen molar-refractivity contribution in [2.75, 3.05) is 0 Å². The van der Waals surface area contributed by atoms with E-state index in [1.807, 2.05) is 28.7 Å². The summed E-state index contributed by atoms with van der Waals surface area (Å²) in [7, 11) is 0. The van der Waals surface area contributed by atoms with E-state index < -0.39 is 4.92 Å². The van der Waals surface area contributed by atoms with Crippen LogP contribution in [0.25, 0.3) is 26.4 Å². The third kappa shape index (κ3) is 2.18. The number of aromatic nitrogens is 2. The Labute approximate surface area is 133 Å². The van der Waals surface area contributed by atoms with Crippen LogP contribution in [-0.2, 0) is 0 Å². The van der Waals surface area contributed by atoms with Crippen LogP contribution in [0.15, 0.2) is 59.4 Å². The highest BCUT2D eigenvalue weighted by atomic mass is 32.1. The normalized spacial score (nSPS) is 11.1. The molecule has 0 bridgehead atoms. The average molecular weight is 323 g/mol. The molecule has 0 spiro atoms. The first-order valence-corrected chi connectivity index (χ1v) is 7.61. The highest BCUT2D eigenvalue weighted by Gasteiger charge is 2.13. The molecule has 112 valence electrons. The summed E-state index contributed by atoms with van der Waals surface area (Å²) in [5.41, 5.74) is 2.04. The molecule has 0 radical (unpaired) electrons. The second-order valence-electron chi connectivity index (χ2n) is 4.97. The number of nitro groups is 1. The quantitative estimate of drug-likeness (QED) is 0.418. The Morgan fingerprint density at radius 1 is 1.09 bits per heavy atom. The lowest BCUT2D eigenvalue weighted by Crippen LogP contribution is -2.08. The number of rotatable bonds is 2. The summed E-state index contributed by atoms with van der Waals surface area (Å²) in [6, 6.07) is 15.4. The maximum atomic E-state index is 11.9. The molecule has 0 aliphatic carbocycles. The van der Waals surface area contributed by atoms with Gasteiger partial charge in [0.25, 0.3) is 11.2 Å². The van der Waals surface area contributed by atoms with Gasteiger partial charge < -0.3 is 0 Å². The molecule has 23 heavy (non-hydrogen) atoms. The molecule has 0 atom stereocenters. The summed E-state index contributed by atoms with van der Waals surface area (Å²) in [4.78, 5) is 26.9. The van der Waals surface area contributed by atoms with Crippen molar-refractivity contribution in [3.05, 3.63) is 75.1 Å². The molecule has 0 saturated carbocycles. The predicted octanol–water partition coefficient (Wildman–Crippen LogP) is 3.48. The molecule has 0 saturated heterocycles. The number of nitrogens with zero attached hydrogens (tertiary/aromatic N) is 3. The average Bonchev–Trinajstić information content (AvgIpc) is 2.92. The highest BCUT2D eigenvalue weighted by Crippen LogP contribution is 2.30. The molecule has 0 amide bonds. The molecule has 2 aromatic heterocycles. The number of benzene rings is 2. The lowest BCUT2D eigenvalue weighted by Gasteiger charge is -2.06. The first-order chi connectivity index (χ1) is 11.1. The van der Waals surface area contributed by atoms with E-state index in [1.54, 1.807) is 12.1 Å². The Morgan fingerprint density at radius 3 is 2.57 bits per heavy atom. The largest absolute Gasteiger partial charge is 0.284 e. The van der Waals surface area contributed by atoms with E-state index in [2.05, 4.69) is 4.98 Å². The molecule has 4 aromatic rings. The highest BCUT2D eigenvalue weighted by molar-refractivity contribution is 7.23. The number of nitro benzene ring substituents is 1. The molecule has 7 heteroatoms. The number of para-hydroxylation sites is 1. The number of thiazole rings is 1. The summed E-state index contributed by atoms with van der Waals surface area (Å²) < 4.78 is 2.93. The van der Waals surface area contributed by atoms with Crippen LogP contribution in [0.4, 0.5) is 5.69 Å². The minimum atomic E-state index is -0.446. The second-order valence-corrected chi connectivity index (χ2v) is 5.98. The van der Waals surface area contributed by atoms with Crippen LogP contribution < -0.4 is 5.56 Å². The Balaban J connectivity index is 2.05. The number of non-ortho nitro benzene ring substituents is 1. The van der Waals surface area contributed by atoms with Crippen LogP contribution in [-0.4, -0.2) is 14.3 Å². The van der Waals surface area contributed by atoms with Crippen molar-refractivity contribution in [3.8, 4) is 11.3 Å². The Bertz CT molecular complexity index is 1110. The van der Waals surface area contributed by atoms with Crippen molar-refractivity contribution < 1.29 is 4.92 Å². The van der Waals surface area contributed by atoms with E-state index in [-0.39, 0.29) is 11.2 Å². The van der Waals surface area contributed by atoms with Crippen molar-refractivity contribution in [2.24, 2.45) is 0 Å². The van der Waals surface area contributed by atoms with Crippen LogP contribution in [0.3, 0.4) is 0 Å². The van der Waals surface area contributed by atoms with E-state index in [0.29, 0.717) is 10.7 Å². The minimum Gasteiger partial charge on any atom is -0.284 e. The van der Waals surface area contributed by atoms with Gasteiger partial charge in [0.15, 0.2) is 4.96 Å². The third-order valence-electron chi connectivity index (χ3n) is 3.58. The topological polar surface area (TPSA) is 77.5 Å². The SMILES string of the molecule is O=c1cc(-c2ccc([N+](=O)[O-])cc2)n2c(n1)sc1ccccc12. The summed E-state index contributed by atoms with van der Waals surface area (Å²) in [6.45, 7) is 0. The van der Waals surface area contributed by atoms with Crippen LogP contribution in [0.1, 0.15) is 0 Å². The molecular formula is C16H9N3O3S. The maximum absolute atomic E-state index is 11.9. The van der Waals surface area contributed by atoms with Crippen molar-refractivity contribution in [3.63, 3.8) is 0 Å². The number of fused-ring (bicyclic) bond motifs is 3. The predicted molar refractivity (Wildman–Crippen MR) is 88.9 cm³/mol. The molecule has 0 N–H and O–H groups in total. The third-order valence-corrected chi connectivity index (χ3v) is 4.60. The van der Waals surface area contributed by atoms with E-state index >= 15 is 0 Å². The molecule has 4 rings (SSSR count). The minimum absolute atomic E-state index is 0.0153. The smallest absolute Gasteiger partial charge is 0.274 e. The lowest BCUT2D eigenvalue weighted by molar-refractivity contribution is -0.384. The zero-order chi connectivity index (χ0) is 16.0. The van der Waals surface area contributed by atoms with E-state index in [0.717, 1.165) is 15.8 Å². The fourth-order valence-corrected chi connectivity index (χ4v) is 3.59. The molecule has 0 fully saturated rings.